The van der Waals surface area contributed by atoms with Crippen LogP contribution in [0.15, 0.2) is 37.1 Å². The van der Waals surface area contributed by atoms with Crippen molar-refractivity contribution >= 4 is 0 Å². The molecule has 2 nitrogen and oxygen atoms in total. The number of hydrogen-bond donors (Lipinski definition) is 0. The summed E-state index contributed by atoms with van der Waals surface area (Å²) in [5, 5.41) is 0. The van der Waals surface area contributed by atoms with Gasteiger partial charge >= 0.3 is 0 Å². The molecule has 0 N–H and O–H groups in total. The molecule has 1 atom stereocenters. The van der Waals surface area contributed by atoms with Crippen molar-refractivity contribution in [2.24, 2.45) is 0 Å². The number of nitrogens with zero attached hydrogens (tertiary/aromatic N) is 2. The van der Waals surface area contributed by atoms with E-state index in [1.54, 1.807) is 0 Å². The van der Waals surface area contributed by atoms with E-state index in [9.17, 15) is 0 Å². The van der Waals surface area contributed by atoms with Crippen LogP contribution >= 0.6 is 0 Å². The third-order valence-electron chi connectivity index (χ3n) is 4.60. The topological polar surface area (TPSA) is 6.48 Å². The molecule has 0 aromatic heterocycles. The van der Waals surface area contributed by atoms with Gasteiger partial charge in [-0.15, -0.1) is 0 Å². The van der Waals surface area contributed by atoms with Crippen molar-refractivity contribution in [2.45, 2.75) is 57.9 Å². The Morgan fingerprint density at radius 2 is 1.90 bits per heavy atom. The smallest absolute Gasteiger partial charge is 0.0357 e. The zero-order valence-electron chi connectivity index (χ0n) is 14.2. The van der Waals surface area contributed by atoms with Crippen LogP contribution in [-0.4, -0.2) is 42.5 Å². The minimum absolute atomic E-state index is 0.804. The van der Waals surface area contributed by atoms with Gasteiger partial charge in [0.1, 0.15) is 0 Å². The molecule has 0 saturated carbocycles. The number of likely N-dealkylation sites (N-methyl/N-ethyl adjacent to an activating group) is 1. The lowest BCUT2D eigenvalue weighted by Crippen LogP contribution is -2.38. The molecular formula is C19H34N2. The molecule has 2 heteroatoms. The first-order chi connectivity index (χ1) is 10.2. The SMILES string of the molecule is C=CC=C(C=C)N(C)CCCCC(CC)N1CCCCC1. The zero-order valence-corrected chi connectivity index (χ0v) is 14.2. The Hall–Kier alpha value is -1.02. The van der Waals surface area contributed by atoms with E-state index in [1.807, 2.05) is 18.2 Å². The van der Waals surface area contributed by atoms with E-state index in [0.29, 0.717) is 0 Å². The number of hydrogen-bond acceptors (Lipinski definition) is 2. The number of unbranched alkanes of at least 4 members (excludes halogenated alkanes) is 1. The fourth-order valence-electron chi connectivity index (χ4n) is 3.26. The fraction of sp³-hybridized carbons (Fsp3) is 0.684. The predicted octanol–water partition coefficient (Wildman–Crippen LogP) is 4.61. The monoisotopic (exact) mass is 290 g/mol. The molecule has 0 aromatic carbocycles. The van der Waals surface area contributed by atoms with E-state index in [4.69, 9.17) is 0 Å². The second-order valence-corrected chi connectivity index (χ2v) is 6.11. The summed E-state index contributed by atoms with van der Waals surface area (Å²) in [6.07, 6.45) is 15.2. The maximum atomic E-state index is 3.87. The standard InChI is InChI=1S/C19H34N2/c1-5-13-18(6-2)20(4)15-12-9-14-19(7-3)21-16-10-8-11-17-21/h5-6,13,19H,1-2,7-12,14-17H2,3-4H3. The number of piperidine rings is 1. The van der Waals surface area contributed by atoms with Gasteiger partial charge in [-0.3, -0.25) is 0 Å². The molecule has 1 heterocycles. The Labute approximate surface area is 132 Å². The summed E-state index contributed by atoms with van der Waals surface area (Å²) in [5.74, 6) is 0. The molecule has 1 saturated heterocycles. The molecule has 1 fully saturated rings. The van der Waals surface area contributed by atoms with Gasteiger partial charge in [0.25, 0.3) is 0 Å². The van der Waals surface area contributed by atoms with Crippen LogP contribution < -0.4 is 0 Å². The summed E-state index contributed by atoms with van der Waals surface area (Å²) in [4.78, 5) is 5.00. The fourth-order valence-corrected chi connectivity index (χ4v) is 3.26. The van der Waals surface area contributed by atoms with Crippen LogP contribution in [0.5, 0.6) is 0 Å². The molecule has 1 aliphatic rings. The lowest BCUT2D eigenvalue weighted by Gasteiger charge is -2.34. The van der Waals surface area contributed by atoms with Gasteiger partial charge in [0.15, 0.2) is 0 Å². The van der Waals surface area contributed by atoms with Crippen molar-refractivity contribution in [2.75, 3.05) is 26.7 Å². The Bertz CT molecular complexity index is 326. The van der Waals surface area contributed by atoms with Crippen LogP contribution in [0.4, 0.5) is 0 Å². The summed E-state index contributed by atoms with van der Waals surface area (Å²) >= 11 is 0. The molecule has 21 heavy (non-hydrogen) atoms. The van der Waals surface area contributed by atoms with Gasteiger partial charge in [-0.2, -0.15) is 0 Å². The van der Waals surface area contributed by atoms with Crippen molar-refractivity contribution in [3.05, 3.63) is 37.1 Å². The van der Waals surface area contributed by atoms with Crippen LogP contribution in [0.1, 0.15) is 51.9 Å². The Morgan fingerprint density at radius 3 is 2.48 bits per heavy atom. The van der Waals surface area contributed by atoms with Crippen LogP contribution in [0.2, 0.25) is 0 Å². The summed E-state index contributed by atoms with van der Waals surface area (Å²) in [7, 11) is 2.14. The predicted molar refractivity (Wildman–Crippen MR) is 94.5 cm³/mol. The van der Waals surface area contributed by atoms with E-state index in [0.717, 1.165) is 18.3 Å². The molecule has 1 rings (SSSR count). The highest BCUT2D eigenvalue weighted by atomic mass is 15.2. The maximum absolute atomic E-state index is 3.87. The molecule has 0 radical (unpaired) electrons. The first-order valence-corrected chi connectivity index (χ1v) is 8.63. The van der Waals surface area contributed by atoms with E-state index < -0.39 is 0 Å². The first kappa shape index (κ1) is 18.0. The van der Waals surface area contributed by atoms with Crippen molar-refractivity contribution in [3.8, 4) is 0 Å². The molecule has 0 amide bonds. The molecule has 1 unspecified atom stereocenters. The van der Waals surface area contributed by atoms with Crippen molar-refractivity contribution < 1.29 is 0 Å². The van der Waals surface area contributed by atoms with Gasteiger partial charge in [0.2, 0.25) is 0 Å². The number of allylic oxidation sites excluding steroid dienone is 3. The summed E-state index contributed by atoms with van der Waals surface area (Å²) < 4.78 is 0. The molecule has 120 valence electrons. The van der Waals surface area contributed by atoms with E-state index in [1.165, 1.54) is 58.0 Å². The minimum Gasteiger partial charge on any atom is -0.375 e. The second-order valence-electron chi connectivity index (χ2n) is 6.11. The summed E-state index contributed by atoms with van der Waals surface area (Å²) in [6.45, 7) is 13.7. The van der Waals surface area contributed by atoms with Crippen LogP contribution in [0.3, 0.4) is 0 Å². The summed E-state index contributed by atoms with van der Waals surface area (Å²) in [6, 6.07) is 0.804. The Kier molecular flexibility index (Phi) is 9.16. The van der Waals surface area contributed by atoms with Gasteiger partial charge in [-0.05, 0) is 57.3 Å². The molecule has 0 spiro atoms. The van der Waals surface area contributed by atoms with Crippen molar-refractivity contribution in [3.63, 3.8) is 0 Å². The van der Waals surface area contributed by atoms with E-state index in [-0.39, 0.29) is 0 Å². The van der Waals surface area contributed by atoms with Gasteiger partial charge in [-0.1, -0.05) is 39.0 Å². The normalized spacial score (nSPS) is 18.3. The maximum Gasteiger partial charge on any atom is 0.0357 e. The highest BCUT2D eigenvalue weighted by molar-refractivity contribution is 5.19. The third-order valence-corrected chi connectivity index (χ3v) is 4.60. The van der Waals surface area contributed by atoms with E-state index in [2.05, 4.69) is 36.9 Å². The average molecular weight is 290 g/mol. The van der Waals surface area contributed by atoms with Crippen molar-refractivity contribution in [1.82, 2.24) is 9.80 Å². The number of likely N-dealkylation sites (tertiary alicyclic amines) is 1. The van der Waals surface area contributed by atoms with Crippen LogP contribution in [0, 0.1) is 0 Å². The summed E-state index contributed by atoms with van der Waals surface area (Å²) in [5.41, 5.74) is 1.16. The lowest BCUT2D eigenvalue weighted by atomic mass is 10.0. The van der Waals surface area contributed by atoms with Crippen molar-refractivity contribution in [1.29, 1.82) is 0 Å². The van der Waals surface area contributed by atoms with E-state index >= 15 is 0 Å². The van der Waals surface area contributed by atoms with Gasteiger partial charge in [0, 0.05) is 25.3 Å². The number of rotatable bonds is 10. The third kappa shape index (κ3) is 6.52. The second kappa shape index (κ2) is 10.7. The van der Waals surface area contributed by atoms with Gasteiger partial charge in [-0.25, -0.2) is 0 Å². The Balaban J connectivity index is 2.26. The minimum atomic E-state index is 0.804. The largest absolute Gasteiger partial charge is 0.375 e. The quantitative estimate of drug-likeness (QED) is 0.428. The first-order valence-electron chi connectivity index (χ1n) is 8.63. The highest BCUT2D eigenvalue weighted by Crippen LogP contribution is 2.18. The average Bonchev–Trinajstić information content (AvgIpc) is 2.53. The van der Waals surface area contributed by atoms with Gasteiger partial charge in [0.05, 0.1) is 0 Å². The molecule has 0 aliphatic carbocycles. The molecular weight excluding hydrogens is 256 g/mol. The lowest BCUT2D eigenvalue weighted by molar-refractivity contribution is 0.148. The van der Waals surface area contributed by atoms with Crippen LogP contribution in [0.25, 0.3) is 0 Å². The highest BCUT2D eigenvalue weighted by Gasteiger charge is 2.18. The Morgan fingerprint density at radius 1 is 1.19 bits per heavy atom. The molecule has 0 bridgehead atoms. The molecule has 0 aromatic rings. The van der Waals surface area contributed by atoms with Crippen LogP contribution in [-0.2, 0) is 0 Å². The molecule has 1 aliphatic heterocycles. The van der Waals surface area contributed by atoms with Gasteiger partial charge < -0.3 is 9.80 Å². The zero-order chi connectivity index (χ0) is 15.5.